The Morgan fingerprint density at radius 1 is 0.897 bits per heavy atom. The van der Waals surface area contributed by atoms with Gasteiger partial charge in [-0.3, -0.25) is 9.59 Å². The van der Waals surface area contributed by atoms with Crippen LogP contribution in [0.4, 0.5) is 0 Å². The molecule has 39 heavy (non-hydrogen) atoms. The van der Waals surface area contributed by atoms with E-state index >= 15 is 0 Å². The SMILES string of the molecule is C=CCn1c(=O)n(CC(O)COC(=O)CC(C)(C)C(=O)OC(C)(C)CC)c(=O)n(CC(O)CC(C)(C)C)c1=O. The smallest absolute Gasteiger partial charge is 0.336 e. The van der Waals surface area contributed by atoms with Crippen molar-refractivity contribution in [2.45, 2.75) is 112 Å². The van der Waals surface area contributed by atoms with Crippen molar-refractivity contribution in [2.24, 2.45) is 10.8 Å². The van der Waals surface area contributed by atoms with E-state index in [1.807, 2.05) is 27.7 Å². The molecule has 12 heteroatoms. The first-order chi connectivity index (χ1) is 17.7. The van der Waals surface area contributed by atoms with E-state index < -0.39 is 65.4 Å². The molecule has 0 radical (unpaired) electrons. The number of aliphatic hydroxyl groups is 2. The summed E-state index contributed by atoms with van der Waals surface area (Å²) in [5, 5.41) is 20.9. The van der Waals surface area contributed by atoms with Crippen molar-refractivity contribution in [3.8, 4) is 0 Å². The summed E-state index contributed by atoms with van der Waals surface area (Å²) in [6, 6.07) is 0. The molecular formula is C27H45N3O9. The third-order valence-electron chi connectivity index (χ3n) is 6.13. The van der Waals surface area contributed by atoms with Crippen LogP contribution in [0.3, 0.4) is 0 Å². The van der Waals surface area contributed by atoms with Crippen molar-refractivity contribution < 1.29 is 29.3 Å². The number of hydrogen-bond acceptors (Lipinski definition) is 9. The minimum absolute atomic E-state index is 0.196. The van der Waals surface area contributed by atoms with Crippen LogP contribution in [0.15, 0.2) is 27.0 Å². The summed E-state index contributed by atoms with van der Waals surface area (Å²) >= 11 is 0. The second kappa shape index (κ2) is 13.4. The Bertz CT molecular complexity index is 1200. The van der Waals surface area contributed by atoms with Crippen LogP contribution in [0.1, 0.15) is 74.7 Å². The Balaban J connectivity index is 3.07. The monoisotopic (exact) mass is 555 g/mol. The number of carbonyl (C=O) groups excluding carboxylic acids is 2. The van der Waals surface area contributed by atoms with Crippen LogP contribution in [0.5, 0.6) is 0 Å². The van der Waals surface area contributed by atoms with Gasteiger partial charge in [0.05, 0.1) is 37.6 Å². The zero-order valence-corrected chi connectivity index (χ0v) is 24.5. The molecule has 1 aromatic heterocycles. The molecule has 0 amide bonds. The summed E-state index contributed by atoms with van der Waals surface area (Å²) in [6.45, 7) is 16.0. The summed E-state index contributed by atoms with van der Waals surface area (Å²) in [5.74, 6) is -1.35. The van der Waals surface area contributed by atoms with E-state index in [2.05, 4.69) is 6.58 Å². The van der Waals surface area contributed by atoms with Gasteiger partial charge in [-0.05, 0) is 46.0 Å². The van der Waals surface area contributed by atoms with Crippen LogP contribution >= 0.6 is 0 Å². The fourth-order valence-electron chi connectivity index (χ4n) is 3.66. The normalized spacial score (nSPS) is 14.0. The Hall–Kier alpha value is -2.99. The summed E-state index contributed by atoms with van der Waals surface area (Å²) in [4.78, 5) is 63.7. The van der Waals surface area contributed by atoms with Gasteiger partial charge in [0, 0.05) is 0 Å². The van der Waals surface area contributed by atoms with Crippen molar-refractivity contribution in [1.29, 1.82) is 0 Å². The van der Waals surface area contributed by atoms with Gasteiger partial charge in [-0.2, -0.15) is 0 Å². The Kier molecular flexibility index (Phi) is 11.7. The zero-order valence-electron chi connectivity index (χ0n) is 24.5. The molecule has 0 saturated carbocycles. The molecule has 0 aliphatic rings. The van der Waals surface area contributed by atoms with Gasteiger partial charge >= 0.3 is 29.0 Å². The van der Waals surface area contributed by atoms with Crippen molar-refractivity contribution in [3.63, 3.8) is 0 Å². The zero-order chi connectivity index (χ0) is 30.3. The predicted octanol–water partition coefficient (Wildman–Crippen LogP) is 1.21. The molecule has 1 heterocycles. The number of nitrogens with zero attached hydrogens (tertiary/aromatic N) is 3. The number of esters is 2. The maximum Gasteiger partial charge on any atom is 0.336 e. The van der Waals surface area contributed by atoms with E-state index in [0.29, 0.717) is 11.0 Å². The standard InChI is InChI=1S/C27H45N3O9/c1-10-12-28-22(35)29(15-18(31)13-25(3,4)5)24(37)30(23(28)36)16-19(32)17-38-20(33)14-26(6,7)21(34)39-27(8,9)11-2/h10,18-19,31-32H,1,11-17H2,2-9H3. The Morgan fingerprint density at radius 3 is 1.85 bits per heavy atom. The van der Waals surface area contributed by atoms with Crippen molar-refractivity contribution in [1.82, 2.24) is 13.7 Å². The van der Waals surface area contributed by atoms with Gasteiger partial charge in [-0.1, -0.05) is 33.8 Å². The van der Waals surface area contributed by atoms with Gasteiger partial charge in [0.15, 0.2) is 0 Å². The summed E-state index contributed by atoms with van der Waals surface area (Å²) in [6.07, 6.45) is -0.653. The molecule has 222 valence electrons. The highest BCUT2D eigenvalue weighted by atomic mass is 16.6. The van der Waals surface area contributed by atoms with Gasteiger partial charge < -0.3 is 19.7 Å². The van der Waals surface area contributed by atoms with Gasteiger partial charge in [0.1, 0.15) is 18.3 Å². The van der Waals surface area contributed by atoms with Crippen molar-refractivity contribution in [2.75, 3.05) is 6.61 Å². The van der Waals surface area contributed by atoms with Crippen LogP contribution in [-0.2, 0) is 38.7 Å². The average molecular weight is 556 g/mol. The third-order valence-corrected chi connectivity index (χ3v) is 6.13. The lowest BCUT2D eigenvalue weighted by Gasteiger charge is -2.29. The maximum atomic E-state index is 13.0. The van der Waals surface area contributed by atoms with Crippen LogP contribution in [0, 0.1) is 10.8 Å². The van der Waals surface area contributed by atoms with Crippen LogP contribution in [0.25, 0.3) is 0 Å². The number of ether oxygens (including phenoxy) is 2. The summed E-state index contributed by atoms with van der Waals surface area (Å²) in [5.41, 5.74) is -5.05. The fourth-order valence-corrected chi connectivity index (χ4v) is 3.66. The molecule has 2 unspecified atom stereocenters. The largest absolute Gasteiger partial charge is 0.463 e. The first-order valence-corrected chi connectivity index (χ1v) is 13.0. The Morgan fingerprint density at radius 2 is 1.38 bits per heavy atom. The number of rotatable bonds is 14. The number of hydrogen-bond donors (Lipinski definition) is 2. The molecule has 0 spiro atoms. The lowest BCUT2D eigenvalue weighted by atomic mass is 9.89. The second-order valence-electron chi connectivity index (χ2n) is 12.3. The van der Waals surface area contributed by atoms with E-state index in [4.69, 9.17) is 9.47 Å². The maximum absolute atomic E-state index is 13.0. The molecular weight excluding hydrogens is 510 g/mol. The number of allylic oxidation sites excluding steroid dienone is 1. The van der Waals surface area contributed by atoms with Crippen molar-refractivity contribution >= 4 is 11.9 Å². The van der Waals surface area contributed by atoms with E-state index in [9.17, 15) is 34.2 Å². The average Bonchev–Trinajstić information content (AvgIpc) is 2.79. The highest BCUT2D eigenvalue weighted by Crippen LogP contribution is 2.27. The molecule has 0 fully saturated rings. The first kappa shape index (κ1) is 34.0. The molecule has 1 rings (SSSR count). The van der Waals surface area contributed by atoms with E-state index in [1.165, 1.54) is 19.9 Å². The predicted molar refractivity (Wildman–Crippen MR) is 145 cm³/mol. The minimum Gasteiger partial charge on any atom is -0.463 e. The molecule has 0 bridgehead atoms. The Labute approximate surface area is 228 Å². The lowest BCUT2D eigenvalue weighted by Crippen LogP contribution is -2.56. The van der Waals surface area contributed by atoms with Gasteiger partial charge in [0.2, 0.25) is 0 Å². The van der Waals surface area contributed by atoms with Gasteiger partial charge in [-0.25, -0.2) is 28.1 Å². The second-order valence-corrected chi connectivity index (χ2v) is 12.3. The first-order valence-electron chi connectivity index (χ1n) is 13.0. The third kappa shape index (κ3) is 10.2. The molecule has 0 aliphatic heterocycles. The van der Waals surface area contributed by atoms with E-state index in [0.717, 1.165) is 9.13 Å². The number of carbonyl (C=O) groups is 2. The summed E-state index contributed by atoms with van der Waals surface area (Å²) < 4.78 is 12.7. The van der Waals surface area contributed by atoms with Gasteiger partial charge in [0.25, 0.3) is 0 Å². The number of aromatic nitrogens is 3. The highest BCUT2D eigenvalue weighted by molar-refractivity contribution is 5.83. The van der Waals surface area contributed by atoms with Crippen LogP contribution < -0.4 is 17.1 Å². The van der Waals surface area contributed by atoms with E-state index in [1.54, 1.807) is 13.8 Å². The van der Waals surface area contributed by atoms with Crippen molar-refractivity contribution in [3.05, 3.63) is 44.1 Å². The molecule has 0 aliphatic carbocycles. The number of aliphatic hydroxyl groups excluding tert-OH is 2. The van der Waals surface area contributed by atoms with Gasteiger partial charge in [-0.15, -0.1) is 6.58 Å². The molecule has 2 atom stereocenters. The lowest BCUT2D eigenvalue weighted by molar-refractivity contribution is -0.172. The molecule has 12 nitrogen and oxygen atoms in total. The minimum atomic E-state index is -1.48. The molecule has 1 aromatic rings. The van der Waals surface area contributed by atoms with Crippen LogP contribution in [-0.4, -0.2) is 60.3 Å². The summed E-state index contributed by atoms with van der Waals surface area (Å²) in [7, 11) is 0. The highest BCUT2D eigenvalue weighted by Gasteiger charge is 2.36. The fraction of sp³-hybridized carbons (Fsp3) is 0.741. The topological polar surface area (TPSA) is 159 Å². The quantitative estimate of drug-likeness (QED) is 0.254. The van der Waals surface area contributed by atoms with Crippen LogP contribution in [0.2, 0.25) is 0 Å². The molecule has 0 aromatic carbocycles. The molecule has 2 N–H and O–H groups in total. The van der Waals surface area contributed by atoms with E-state index in [-0.39, 0.29) is 31.3 Å². The molecule has 0 saturated heterocycles.